The second kappa shape index (κ2) is 5.51. The minimum absolute atomic E-state index is 0.293. The molecule has 3 aromatic rings. The highest BCUT2D eigenvalue weighted by molar-refractivity contribution is 7.10. The molecule has 1 atom stereocenters. The largest absolute Gasteiger partial charge is 0.367 e. The molecule has 0 radical (unpaired) electrons. The number of nitrogens with one attached hydrogen (secondary N) is 1. The topological polar surface area (TPSA) is 71.2 Å². The Morgan fingerprint density at radius 2 is 2.30 bits per heavy atom. The van der Waals surface area contributed by atoms with Crippen molar-refractivity contribution in [3.8, 4) is 0 Å². The molecule has 7 nitrogen and oxygen atoms in total. The lowest BCUT2D eigenvalue weighted by atomic mass is 10.2. The van der Waals surface area contributed by atoms with Gasteiger partial charge in [0.2, 0.25) is 0 Å². The summed E-state index contributed by atoms with van der Waals surface area (Å²) in [5.74, 6) is 0.788. The van der Waals surface area contributed by atoms with Crippen LogP contribution in [0.15, 0.2) is 29.9 Å². The molecular weight excluding hydrogens is 274 g/mol. The first-order valence-electron chi connectivity index (χ1n) is 6.21. The normalized spacial score (nSPS) is 12.9. The van der Waals surface area contributed by atoms with Crippen molar-refractivity contribution in [1.82, 2.24) is 29.9 Å². The molecule has 0 saturated heterocycles. The quantitative estimate of drug-likeness (QED) is 0.763. The van der Waals surface area contributed by atoms with E-state index in [0.717, 1.165) is 12.4 Å². The van der Waals surface area contributed by atoms with Crippen LogP contribution in [0.2, 0.25) is 0 Å². The predicted molar refractivity (Wildman–Crippen MR) is 77.8 cm³/mol. The summed E-state index contributed by atoms with van der Waals surface area (Å²) in [6.45, 7) is 0.758. The van der Waals surface area contributed by atoms with Gasteiger partial charge in [-0.2, -0.15) is 4.52 Å². The molecule has 0 aliphatic heterocycles. The third-order valence-electron chi connectivity index (χ3n) is 3.08. The molecular formula is C12H15N7S. The Labute approximate surface area is 120 Å². The van der Waals surface area contributed by atoms with Crippen LogP contribution in [-0.4, -0.2) is 50.6 Å². The van der Waals surface area contributed by atoms with Crippen LogP contribution < -0.4 is 5.32 Å². The molecule has 20 heavy (non-hydrogen) atoms. The van der Waals surface area contributed by atoms with Crippen molar-refractivity contribution in [3.63, 3.8) is 0 Å². The fourth-order valence-corrected chi connectivity index (χ4v) is 2.94. The van der Waals surface area contributed by atoms with Gasteiger partial charge < -0.3 is 10.2 Å². The Balaban J connectivity index is 1.79. The number of likely N-dealkylation sites (N-methyl/N-ethyl adjacent to an activating group) is 1. The summed E-state index contributed by atoms with van der Waals surface area (Å²) in [6.07, 6.45) is 3.36. The van der Waals surface area contributed by atoms with E-state index in [-0.39, 0.29) is 0 Å². The molecule has 0 aromatic carbocycles. The maximum atomic E-state index is 4.13. The Morgan fingerprint density at radius 1 is 1.40 bits per heavy atom. The minimum Gasteiger partial charge on any atom is -0.367 e. The maximum absolute atomic E-state index is 4.13. The highest BCUT2D eigenvalue weighted by Gasteiger charge is 2.15. The fraction of sp³-hybridized carbons (Fsp3) is 0.333. The Kier molecular flexibility index (Phi) is 3.57. The zero-order valence-electron chi connectivity index (χ0n) is 11.3. The third-order valence-corrected chi connectivity index (χ3v) is 4.05. The molecule has 0 saturated carbocycles. The monoisotopic (exact) mass is 289 g/mol. The van der Waals surface area contributed by atoms with Crippen LogP contribution in [0.5, 0.6) is 0 Å². The lowest BCUT2D eigenvalue weighted by Crippen LogP contribution is -2.26. The van der Waals surface area contributed by atoms with Crippen molar-refractivity contribution in [2.24, 2.45) is 0 Å². The van der Waals surface area contributed by atoms with Crippen LogP contribution in [0.1, 0.15) is 10.9 Å². The summed E-state index contributed by atoms with van der Waals surface area (Å²) >= 11 is 1.76. The number of rotatable bonds is 5. The maximum Gasteiger partial charge on any atom is 0.199 e. The van der Waals surface area contributed by atoms with Crippen LogP contribution in [0.25, 0.3) is 5.65 Å². The van der Waals surface area contributed by atoms with E-state index in [2.05, 4.69) is 62.3 Å². The average Bonchev–Trinajstić information content (AvgIpc) is 3.09. The van der Waals surface area contributed by atoms with Crippen molar-refractivity contribution in [1.29, 1.82) is 0 Å². The lowest BCUT2D eigenvalue weighted by Gasteiger charge is -2.23. The summed E-state index contributed by atoms with van der Waals surface area (Å²) in [6, 6.07) is 4.51. The smallest absolute Gasteiger partial charge is 0.199 e. The molecule has 0 aliphatic rings. The molecule has 0 bridgehead atoms. The van der Waals surface area contributed by atoms with Gasteiger partial charge in [-0.3, -0.25) is 4.98 Å². The summed E-state index contributed by atoms with van der Waals surface area (Å²) in [5.41, 5.74) is 0.632. The number of thiophene rings is 1. The van der Waals surface area contributed by atoms with Crippen LogP contribution in [0.4, 0.5) is 5.82 Å². The SMILES string of the molecule is CN(C)[C@H](CNc1cncc2nnnn12)c1cccs1. The number of hydrogen-bond acceptors (Lipinski definition) is 7. The lowest BCUT2D eigenvalue weighted by molar-refractivity contribution is 0.316. The van der Waals surface area contributed by atoms with Gasteiger partial charge in [-0.1, -0.05) is 6.07 Å². The highest BCUT2D eigenvalue weighted by Crippen LogP contribution is 2.23. The number of nitrogens with zero attached hydrogens (tertiary/aromatic N) is 6. The van der Waals surface area contributed by atoms with Gasteiger partial charge in [0.05, 0.1) is 18.4 Å². The molecule has 0 amide bonds. The zero-order valence-corrected chi connectivity index (χ0v) is 12.1. The van der Waals surface area contributed by atoms with E-state index in [4.69, 9.17) is 0 Å². The van der Waals surface area contributed by atoms with Gasteiger partial charge in [0.1, 0.15) is 5.82 Å². The standard InChI is InChI=1S/C12H15N7S/c1-18(2)9(10-4-3-5-20-10)6-14-11-7-13-8-12-15-16-17-19(11)12/h3-5,7-9,14H,6H2,1-2H3/t9-/m1/s1. The van der Waals surface area contributed by atoms with Crippen molar-refractivity contribution < 1.29 is 0 Å². The molecule has 8 heteroatoms. The van der Waals surface area contributed by atoms with Crippen molar-refractivity contribution >= 4 is 22.8 Å². The van der Waals surface area contributed by atoms with Gasteiger partial charge in [0.25, 0.3) is 0 Å². The van der Waals surface area contributed by atoms with Crippen LogP contribution in [-0.2, 0) is 0 Å². The van der Waals surface area contributed by atoms with Crippen molar-refractivity contribution in [3.05, 3.63) is 34.8 Å². The first-order chi connectivity index (χ1) is 9.75. The average molecular weight is 289 g/mol. The van der Waals surface area contributed by atoms with E-state index in [9.17, 15) is 0 Å². The van der Waals surface area contributed by atoms with Crippen LogP contribution in [0, 0.1) is 0 Å². The van der Waals surface area contributed by atoms with E-state index >= 15 is 0 Å². The molecule has 0 fully saturated rings. The summed E-state index contributed by atoms with van der Waals surface area (Å²) in [7, 11) is 4.14. The Bertz CT molecular complexity index is 676. The van der Waals surface area contributed by atoms with E-state index in [1.807, 2.05) is 0 Å². The number of tetrazole rings is 1. The number of fused-ring (bicyclic) bond motifs is 1. The molecule has 3 aromatic heterocycles. The zero-order chi connectivity index (χ0) is 13.9. The molecule has 0 aliphatic carbocycles. The van der Waals surface area contributed by atoms with Gasteiger partial charge >= 0.3 is 0 Å². The van der Waals surface area contributed by atoms with E-state index in [1.54, 1.807) is 28.2 Å². The van der Waals surface area contributed by atoms with Crippen molar-refractivity contribution in [2.45, 2.75) is 6.04 Å². The van der Waals surface area contributed by atoms with Gasteiger partial charge in [-0.15, -0.1) is 16.4 Å². The van der Waals surface area contributed by atoms with Crippen LogP contribution >= 0.6 is 11.3 Å². The highest BCUT2D eigenvalue weighted by atomic mass is 32.1. The van der Waals surface area contributed by atoms with Gasteiger partial charge in [0.15, 0.2) is 5.65 Å². The number of anilines is 1. The number of aromatic nitrogens is 5. The molecule has 0 unspecified atom stereocenters. The fourth-order valence-electron chi connectivity index (χ4n) is 2.02. The molecule has 3 heterocycles. The predicted octanol–water partition coefficient (Wildman–Crippen LogP) is 1.30. The van der Waals surface area contributed by atoms with Crippen molar-refractivity contribution in [2.75, 3.05) is 26.0 Å². The Hall–Kier alpha value is -2.06. The summed E-state index contributed by atoms with van der Waals surface area (Å²) in [4.78, 5) is 7.64. The first kappa shape index (κ1) is 12.9. The summed E-state index contributed by atoms with van der Waals surface area (Å²) < 4.78 is 1.65. The van der Waals surface area contributed by atoms with E-state index in [1.165, 1.54) is 4.88 Å². The second-order valence-corrected chi connectivity index (χ2v) is 5.60. The second-order valence-electron chi connectivity index (χ2n) is 4.62. The molecule has 104 valence electrons. The number of hydrogen-bond donors (Lipinski definition) is 1. The molecule has 1 N–H and O–H groups in total. The van der Waals surface area contributed by atoms with Gasteiger partial charge in [-0.05, 0) is 36.0 Å². The van der Waals surface area contributed by atoms with E-state index < -0.39 is 0 Å². The van der Waals surface area contributed by atoms with Crippen LogP contribution in [0.3, 0.4) is 0 Å². The van der Waals surface area contributed by atoms with E-state index in [0.29, 0.717) is 11.7 Å². The summed E-state index contributed by atoms with van der Waals surface area (Å²) in [5, 5.41) is 16.9. The van der Waals surface area contributed by atoms with Gasteiger partial charge in [0, 0.05) is 11.4 Å². The van der Waals surface area contributed by atoms with Gasteiger partial charge in [-0.25, -0.2) is 0 Å². The minimum atomic E-state index is 0.293. The first-order valence-corrected chi connectivity index (χ1v) is 7.09. The Morgan fingerprint density at radius 3 is 3.05 bits per heavy atom. The third kappa shape index (κ3) is 2.47. The molecule has 0 spiro atoms. The molecule has 3 rings (SSSR count).